The number of nitrogens with one attached hydrogen (secondary N) is 2. The van der Waals surface area contributed by atoms with Gasteiger partial charge in [-0.15, -0.1) is 0 Å². The molecular weight excluding hydrogens is 328 g/mol. The fraction of sp³-hybridized carbons (Fsp3) is 0.600. The standard InChI is InChI=1S/C20H28N4O2/c1-14-6-8-15(9-7-14)21-19(25)23-12-10-16(11-13-23)24-18-5-3-2-4-17(18)22-20(24)26/h2-5,14-16H,6-13H2,1H3,(H,21,25)(H,22,26). The number of aromatic nitrogens is 2. The van der Waals surface area contributed by atoms with Crippen LogP contribution in [-0.2, 0) is 0 Å². The number of H-pyrrole nitrogens is 1. The van der Waals surface area contributed by atoms with Crippen LogP contribution in [0.5, 0.6) is 0 Å². The lowest BCUT2D eigenvalue weighted by molar-refractivity contribution is 0.164. The molecule has 0 spiro atoms. The minimum atomic E-state index is -0.0505. The molecule has 140 valence electrons. The van der Waals surface area contributed by atoms with Crippen molar-refractivity contribution in [2.24, 2.45) is 5.92 Å². The lowest BCUT2D eigenvalue weighted by atomic mass is 9.87. The molecule has 0 atom stereocenters. The number of hydrogen-bond donors (Lipinski definition) is 2. The van der Waals surface area contributed by atoms with Gasteiger partial charge in [0.1, 0.15) is 0 Å². The largest absolute Gasteiger partial charge is 0.335 e. The van der Waals surface area contributed by atoms with Gasteiger partial charge in [-0.25, -0.2) is 9.59 Å². The molecule has 1 aliphatic heterocycles. The molecule has 0 radical (unpaired) electrons. The first-order valence-electron chi connectivity index (χ1n) is 9.86. The van der Waals surface area contributed by atoms with Crippen LogP contribution in [-0.4, -0.2) is 39.6 Å². The van der Waals surface area contributed by atoms with Crippen LogP contribution in [0.25, 0.3) is 11.0 Å². The predicted molar refractivity (Wildman–Crippen MR) is 102 cm³/mol. The zero-order chi connectivity index (χ0) is 18.1. The summed E-state index contributed by atoms with van der Waals surface area (Å²) in [6.07, 6.45) is 6.23. The molecule has 6 heteroatoms. The molecule has 2 heterocycles. The van der Waals surface area contributed by atoms with Crippen molar-refractivity contribution in [3.05, 3.63) is 34.7 Å². The highest BCUT2D eigenvalue weighted by molar-refractivity contribution is 5.75. The van der Waals surface area contributed by atoms with Crippen molar-refractivity contribution < 1.29 is 4.79 Å². The van der Waals surface area contributed by atoms with E-state index in [1.807, 2.05) is 33.7 Å². The van der Waals surface area contributed by atoms with Gasteiger partial charge in [0.25, 0.3) is 0 Å². The number of nitrogens with zero attached hydrogens (tertiary/aromatic N) is 2. The Kier molecular flexibility index (Phi) is 4.74. The highest BCUT2D eigenvalue weighted by Gasteiger charge is 2.28. The number of benzene rings is 1. The molecule has 1 aromatic carbocycles. The van der Waals surface area contributed by atoms with Crippen molar-refractivity contribution in [2.45, 2.75) is 57.5 Å². The SMILES string of the molecule is CC1CCC(NC(=O)N2CCC(n3c(=O)[nH]c4ccccc43)CC2)CC1. The number of urea groups is 1. The molecule has 2 aliphatic rings. The first-order valence-corrected chi connectivity index (χ1v) is 9.86. The molecule has 2 fully saturated rings. The molecule has 2 N–H and O–H groups in total. The molecule has 1 aromatic heterocycles. The summed E-state index contributed by atoms with van der Waals surface area (Å²) in [5.74, 6) is 0.786. The highest BCUT2D eigenvalue weighted by atomic mass is 16.2. The van der Waals surface area contributed by atoms with Crippen molar-refractivity contribution in [1.29, 1.82) is 0 Å². The van der Waals surface area contributed by atoms with Crippen LogP contribution in [0.4, 0.5) is 4.79 Å². The highest BCUT2D eigenvalue weighted by Crippen LogP contribution is 2.26. The summed E-state index contributed by atoms with van der Waals surface area (Å²) in [5, 5.41) is 3.21. The summed E-state index contributed by atoms with van der Waals surface area (Å²) >= 11 is 0. The van der Waals surface area contributed by atoms with Crippen LogP contribution >= 0.6 is 0 Å². The van der Waals surface area contributed by atoms with Crippen molar-refractivity contribution in [3.63, 3.8) is 0 Å². The number of amides is 2. The average molecular weight is 356 g/mol. The van der Waals surface area contributed by atoms with Gasteiger partial charge in [-0.1, -0.05) is 19.1 Å². The lowest BCUT2D eigenvalue weighted by Gasteiger charge is -2.35. The van der Waals surface area contributed by atoms with Crippen LogP contribution in [0.15, 0.2) is 29.1 Å². The van der Waals surface area contributed by atoms with E-state index in [9.17, 15) is 9.59 Å². The molecule has 2 amide bonds. The lowest BCUT2D eigenvalue weighted by Crippen LogP contribution is -2.49. The van der Waals surface area contributed by atoms with Crippen LogP contribution in [0.1, 0.15) is 51.5 Å². The number of imidazole rings is 1. The molecule has 0 unspecified atom stereocenters. The van der Waals surface area contributed by atoms with Gasteiger partial charge in [-0.3, -0.25) is 4.57 Å². The monoisotopic (exact) mass is 356 g/mol. The first-order chi connectivity index (χ1) is 12.6. The van der Waals surface area contributed by atoms with Crippen LogP contribution < -0.4 is 11.0 Å². The number of rotatable bonds is 2. The summed E-state index contributed by atoms with van der Waals surface area (Å²) in [6.45, 7) is 3.69. The molecule has 1 aliphatic carbocycles. The first kappa shape index (κ1) is 17.2. The van der Waals surface area contributed by atoms with E-state index in [0.29, 0.717) is 19.1 Å². The van der Waals surface area contributed by atoms with Crippen LogP contribution in [0, 0.1) is 5.92 Å². The van der Waals surface area contributed by atoms with Gasteiger partial charge in [0, 0.05) is 25.2 Å². The van der Waals surface area contributed by atoms with Crippen molar-refractivity contribution >= 4 is 17.1 Å². The Labute approximate surface area is 153 Å². The molecule has 1 saturated heterocycles. The van der Waals surface area contributed by atoms with E-state index >= 15 is 0 Å². The Balaban J connectivity index is 1.37. The molecular formula is C20H28N4O2. The van der Waals surface area contributed by atoms with E-state index in [4.69, 9.17) is 0 Å². The molecule has 2 aromatic rings. The van der Waals surface area contributed by atoms with Gasteiger partial charge >= 0.3 is 11.7 Å². The third kappa shape index (κ3) is 3.37. The van der Waals surface area contributed by atoms with E-state index < -0.39 is 0 Å². The smallest absolute Gasteiger partial charge is 0.326 e. The number of aromatic amines is 1. The second kappa shape index (κ2) is 7.17. The zero-order valence-corrected chi connectivity index (χ0v) is 15.4. The van der Waals surface area contributed by atoms with Gasteiger partial charge in [-0.2, -0.15) is 0 Å². The van der Waals surface area contributed by atoms with Gasteiger partial charge in [-0.05, 0) is 56.6 Å². The van der Waals surface area contributed by atoms with E-state index in [0.717, 1.165) is 42.6 Å². The Morgan fingerprint density at radius 1 is 1.08 bits per heavy atom. The maximum absolute atomic E-state index is 12.6. The summed E-state index contributed by atoms with van der Waals surface area (Å²) < 4.78 is 1.87. The molecule has 26 heavy (non-hydrogen) atoms. The third-order valence-corrected chi connectivity index (χ3v) is 6.08. The molecule has 4 rings (SSSR count). The number of carbonyl (C=O) groups excluding carboxylic acids is 1. The number of likely N-dealkylation sites (tertiary alicyclic amines) is 1. The second-order valence-electron chi connectivity index (χ2n) is 7.94. The van der Waals surface area contributed by atoms with Gasteiger partial charge in [0.05, 0.1) is 11.0 Å². The minimum Gasteiger partial charge on any atom is -0.335 e. The molecule has 6 nitrogen and oxygen atoms in total. The van der Waals surface area contributed by atoms with Crippen molar-refractivity contribution in [3.8, 4) is 0 Å². The van der Waals surface area contributed by atoms with Gasteiger partial charge in [0.15, 0.2) is 0 Å². The number of hydrogen-bond acceptors (Lipinski definition) is 2. The normalized spacial score (nSPS) is 24.7. The number of fused-ring (bicyclic) bond motifs is 1. The Hall–Kier alpha value is -2.24. The summed E-state index contributed by atoms with van der Waals surface area (Å²) in [6, 6.07) is 8.35. The Morgan fingerprint density at radius 3 is 2.50 bits per heavy atom. The number of carbonyl (C=O) groups is 1. The second-order valence-corrected chi connectivity index (χ2v) is 7.94. The Morgan fingerprint density at radius 2 is 1.77 bits per heavy atom. The van der Waals surface area contributed by atoms with E-state index in [2.05, 4.69) is 17.2 Å². The van der Waals surface area contributed by atoms with Gasteiger partial charge in [0.2, 0.25) is 0 Å². The van der Waals surface area contributed by atoms with E-state index in [-0.39, 0.29) is 17.8 Å². The molecule has 0 bridgehead atoms. The van der Waals surface area contributed by atoms with Gasteiger partial charge < -0.3 is 15.2 Å². The fourth-order valence-corrected chi connectivity index (χ4v) is 4.43. The number of piperidine rings is 1. The maximum Gasteiger partial charge on any atom is 0.326 e. The quantitative estimate of drug-likeness (QED) is 0.867. The van der Waals surface area contributed by atoms with Crippen LogP contribution in [0.2, 0.25) is 0 Å². The number of para-hydroxylation sites is 2. The van der Waals surface area contributed by atoms with Crippen molar-refractivity contribution in [1.82, 2.24) is 19.8 Å². The zero-order valence-electron chi connectivity index (χ0n) is 15.4. The summed E-state index contributed by atoms with van der Waals surface area (Å²) in [4.78, 5) is 29.8. The maximum atomic E-state index is 12.6. The minimum absolute atomic E-state index is 0.0505. The van der Waals surface area contributed by atoms with Crippen molar-refractivity contribution in [2.75, 3.05) is 13.1 Å². The third-order valence-electron chi connectivity index (χ3n) is 6.08. The van der Waals surface area contributed by atoms with Crippen LogP contribution in [0.3, 0.4) is 0 Å². The topological polar surface area (TPSA) is 70.1 Å². The summed E-state index contributed by atoms with van der Waals surface area (Å²) in [5.41, 5.74) is 1.78. The average Bonchev–Trinajstić information content (AvgIpc) is 2.99. The van der Waals surface area contributed by atoms with E-state index in [1.165, 1.54) is 12.8 Å². The Bertz CT molecular complexity index is 824. The fourth-order valence-electron chi connectivity index (χ4n) is 4.43. The van der Waals surface area contributed by atoms with E-state index in [1.54, 1.807) is 0 Å². The molecule has 1 saturated carbocycles. The predicted octanol–water partition coefficient (Wildman–Crippen LogP) is 3.25. The summed E-state index contributed by atoms with van der Waals surface area (Å²) in [7, 11) is 0.